The smallest absolute Gasteiger partial charge is 0.245 e. The van der Waals surface area contributed by atoms with Crippen LogP contribution in [0.1, 0.15) is 41.2 Å². The second-order valence-electron chi connectivity index (χ2n) is 6.89. The summed E-state index contributed by atoms with van der Waals surface area (Å²) >= 11 is 0. The van der Waals surface area contributed by atoms with Crippen molar-refractivity contribution in [2.75, 3.05) is 19.7 Å². The van der Waals surface area contributed by atoms with E-state index in [9.17, 15) is 5.26 Å². The van der Waals surface area contributed by atoms with Crippen LogP contribution in [0.4, 0.5) is 0 Å². The molecule has 6 nitrogen and oxygen atoms in total. The molecule has 0 spiro atoms. The van der Waals surface area contributed by atoms with Crippen molar-refractivity contribution in [3.63, 3.8) is 0 Å². The molecule has 3 N–H and O–H groups in total. The Morgan fingerprint density at radius 3 is 2.66 bits per heavy atom. The number of aliphatic imine (C=N–C) groups is 1. The van der Waals surface area contributed by atoms with E-state index in [4.69, 9.17) is 15.5 Å². The number of rotatable bonds is 6. The van der Waals surface area contributed by atoms with Crippen molar-refractivity contribution in [2.45, 2.75) is 26.2 Å². The minimum atomic E-state index is 0.199. The topological polar surface area (TPSA) is 92.7 Å². The van der Waals surface area contributed by atoms with E-state index in [1.807, 2.05) is 13.0 Å². The summed E-state index contributed by atoms with van der Waals surface area (Å²) in [6.07, 6.45) is 2.86. The number of nitrogens with zero attached hydrogens (tertiary/aromatic N) is 2. The first-order chi connectivity index (χ1) is 14.2. The fraction of sp³-hybridized carbons (Fsp3) is 0.304. The van der Waals surface area contributed by atoms with E-state index >= 15 is 0 Å². The summed E-state index contributed by atoms with van der Waals surface area (Å²) in [5.41, 5.74) is 5.13. The predicted molar refractivity (Wildman–Crippen MR) is 115 cm³/mol. The molecule has 2 aromatic carbocycles. The van der Waals surface area contributed by atoms with Gasteiger partial charge in [0.15, 0.2) is 0 Å². The van der Waals surface area contributed by atoms with Gasteiger partial charge in [0.2, 0.25) is 5.90 Å². The number of nitriles is 1. The molecular weight excluding hydrogens is 364 g/mol. The third-order valence-electron chi connectivity index (χ3n) is 4.84. The van der Waals surface area contributed by atoms with Crippen molar-refractivity contribution in [1.82, 2.24) is 5.32 Å². The van der Waals surface area contributed by atoms with Crippen molar-refractivity contribution < 1.29 is 9.57 Å². The number of nitrogens with one attached hydrogen (secondary N) is 1. The maximum Gasteiger partial charge on any atom is 0.245 e. The van der Waals surface area contributed by atoms with Gasteiger partial charge in [-0.1, -0.05) is 25.6 Å². The minimum absolute atomic E-state index is 0.199. The maximum atomic E-state index is 9.43. The van der Waals surface area contributed by atoms with Gasteiger partial charge in [0, 0.05) is 5.56 Å². The summed E-state index contributed by atoms with van der Waals surface area (Å²) < 4.78 is 5.60. The van der Waals surface area contributed by atoms with Crippen molar-refractivity contribution in [3.8, 4) is 11.8 Å². The van der Waals surface area contributed by atoms with Crippen LogP contribution in [0.3, 0.4) is 0 Å². The zero-order chi connectivity index (χ0) is 20.6. The predicted octanol–water partition coefficient (Wildman–Crippen LogP) is 3.34. The van der Waals surface area contributed by atoms with Crippen molar-refractivity contribution >= 4 is 11.6 Å². The second-order valence-corrected chi connectivity index (χ2v) is 6.89. The maximum absolute atomic E-state index is 9.43. The van der Waals surface area contributed by atoms with Crippen LogP contribution in [0.15, 0.2) is 48.0 Å². The Hall–Kier alpha value is -3.14. The number of hydrogen-bond donors (Lipinski definition) is 2. The van der Waals surface area contributed by atoms with E-state index in [1.54, 1.807) is 18.2 Å². The lowest BCUT2D eigenvalue weighted by Crippen LogP contribution is -2.16. The van der Waals surface area contributed by atoms with Crippen LogP contribution < -0.4 is 16.0 Å². The van der Waals surface area contributed by atoms with E-state index in [0.29, 0.717) is 29.2 Å². The summed E-state index contributed by atoms with van der Waals surface area (Å²) in [6.45, 7) is 8.60. The number of hydrogen-bond acceptors (Lipinski definition) is 6. The summed E-state index contributed by atoms with van der Waals surface area (Å²) in [4.78, 5) is 9.49. The summed E-state index contributed by atoms with van der Waals surface area (Å²) in [5, 5.41) is 12.8. The quantitative estimate of drug-likeness (QED) is 0.448. The van der Waals surface area contributed by atoms with Crippen molar-refractivity contribution in [1.29, 1.82) is 5.26 Å². The first-order valence-corrected chi connectivity index (χ1v) is 9.80. The van der Waals surface area contributed by atoms with Gasteiger partial charge in [-0.25, -0.2) is 4.99 Å². The van der Waals surface area contributed by atoms with E-state index in [1.165, 1.54) is 11.1 Å². The van der Waals surface area contributed by atoms with Gasteiger partial charge in [0.05, 0.1) is 17.9 Å². The molecule has 1 aliphatic rings. The molecule has 29 heavy (non-hydrogen) atoms. The molecule has 0 saturated heterocycles. The van der Waals surface area contributed by atoms with Crippen LogP contribution in [0.5, 0.6) is 5.75 Å². The van der Waals surface area contributed by atoms with Crippen LogP contribution in [0.25, 0.3) is 5.70 Å². The Morgan fingerprint density at radius 2 is 1.93 bits per heavy atom. The fourth-order valence-corrected chi connectivity index (χ4v) is 3.29. The van der Waals surface area contributed by atoms with Crippen LogP contribution in [-0.4, -0.2) is 25.6 Å². The fourth-order valence-electron chi connectivity index (χ4n) is 3.29. The number of fused-ring (bicyclic) bond motifs is 1. The molecule has 3 rings (SSSR count). The summed E-state index contributed by atoms with van der Waals surface area (Å²) in [6, 6.07) is 13.6. The molecule has 0 aromatic heterocycles. The van der Waals surface area contributed by atoms with Crippen LogP contribution in [0.2, 0.25) is 0 Å². The normalized spacial score (nSPS) is 13.8. The van der Waals surface area contributed by atoms with Crippen LogP contribution in [-0.2, 0) is 17.7 Å². The van der Waals surface area contributed by atoms with Gasteiger partial charge < -0.3 is 14.9 Å². The lowest BCUT2D eigenvalue weighted by molar-refractivity contribution is 0.315. The van der Waals surface area contributed by atoms with E-state index in [2.05, 4.69) is 35.1 Å². The molecule has 1 heterocycles. The molecule has 150 valence electrons. The molecule has 1 aliphatic heterocycles. The highest BCUT2D eigenvalue weighted by Gasteiger charge is 2.13. The first-order valence-electron chi connectivity index (χ1n) is 9.80. The summed E-state index contributed by atoms with van der Waals surface area (Å²) in [7, 11) is 0. The molecule has 6 heteroatoms. The third-order valence-corrected chi connectivity index (χ3v) is 4.84. The van der Waals surface area contributed by atoms with Gasteiger partial charge in [-0.05, 0) is 73.3 Å². The standard InChI is InChI=1S/C23H26N4O2/c1-3-12-28-22-7-6-20(14-21(22)15-24)23(29-25)27-16(2)18-5-4-17-8-10-26-11-9-19(17)13-18/h4-7,13-14,26H,2-3,8-12,25H2,1H3. The summed E-state index contributed by atoms with van der Waals surface area (Å²) in [5.74, 6) is 6.21. The van der Waals surface area contributed by atoms with Crippen LogP contribution >= 0.6 is 0 Å². The van der Waals surface area contributed by atoms with Gasteiger partial charge >= 0.3 is 0 Å². The average Bonchev–Trinajstić information content (AvgIpc) is 3.00. The van der Waals surface area contributed by atoms with Crippen LogP contribution in [0, 0.1) is 11.3 Å². The highest BCUT2D eigenvalue weighted by atomic mass is 16.6. The number of nitrogens with two attached hydrogens (primary N) is 1. The molecular formula is C23H26N4O2. The molecule has 2 aromatic rings. The Morgan fingerprint density at radius 1 is 1.17 bits per heavy atom. The average molecular weight is 390 g/mol. The Labute approximate surface area is 171 Å². The molecule has 0 radical (unpaired) electrons. The SMILES string of the molecule is C=C(N=C(ON)c1ccc(OCCC)c(C#N)c1)c1ccc2c(c1)CCNCC2. The molecule has 0 unspecified atom stereocenters. The second kappa shape index (κ2) is 9.87. The Bertz CT molecular complexity index is 960. The molecule has 0 aliphatic carbocycles. The molecule has 0 amide bonds. The van der Waals surface area contributed by atoms with Gasteiger partial charge in [0.1, 0.15) is 11.8 Å². The highest BCUT2D eigenvalue weighted by molar-refractivity contribution is 5.97. The van der Waals surface area contributed by atoms with Crippen molar-refractivity contribution in [3.05, 3.63) is 70.8 Å². The monoisotopic (exact) mass is 390 g/mol. The van der Waals surface area contributed by atoms with E-state index < -0.39 is 0 Å². The van der Waals surface area contributed by atoms with E-state index in [0.717, 1.165) is 37.9 Å². The Kier molecular flexibility index (Phi) is 7.01. The number of ether oxygens (including phenoxy) is 1. The molecule has 0 atom stereocenters. The van der Waals surface area contributed by atoms with Gasteiger partial charge in [-0.2, -0.15) is 11.2 Å². The zero-order valence-corrected chi connectivity index (χ0v) is 16.7. The lowest BCUT2D eigenvalue weighted by atomic mass is 9.99. The van der Waals surface area contributed by atoms with Gasteiger partial charge in [-0.3, -0.25) is 0 Å². The molecule has 0 fully saturated rings. The molecule has 0 saturated carbocycles. The van der Waals surface area contributed by atoms with Gasteiger partial charge in [-0.15, -0.1) is 0 Å². The zero-order valence-electron chi connectivity index (χ0n) is 16.7. The third kappa shape index (κ3) is 5.02. The van der Waals surface area contributed by atoms with E-state index in [-0.39, 0.29) is 5.90 Å². The van der Waals surface area contributed by atoms with Crippen molar-refractivity contribution in [2.24, 2.45) is 10.9 Å². The first kappa shape index (κ1) is 20.6. The Balaban J connectivity index is 1.87. The lowest BCUT2D eigenvalue weighted by Gasteiger charge is -2.11. The highest BCUT2D eigenvalue weighted by Crippen LogP contribution is 2.24. The minimum Gasteiger partial charge on any atom is -0.492 e. The number of benzene rings is 2. The van der Waals surface area contributed by atoms with Gasteiger partial charge in [0.25, 0.3) is 0 Å². The molecule has 0 bridgehead atoms. The largest absolute Gasteiger partial charge is 0.492 e.